The molecule has 0 N–H and O–H groups in total. The SMILES string of the molecule is CC.CC.CC.CC.CC(C)(C)c1cc2ccccc2c2ccccc12.CC(C)(C)c1ccc2ccccc2c1.CC(C)(C)c1cccc2ccccc12.CC(C)(C)c1ccccc1. The molecule has 0 fully saturated rings. The monoisotopic (exact) mass is 857 g/mol. The fraction of sp³-hybridized carbons (Fsp3) is 0.375. The van der Waals surface area contributed by atoms with Gasteiger partial charge in [-0.3, -0.25) is 0 Å². The average Bonchev–Trinajstić information content (AvgIpc) is 3.31. The summed E-state index contributed by atoms with van der Waals surface area (Å²) >= 11 is 0. The Labute approximate surface area is 393 Å². The van der Waals surface area contributed by atoms with Gasteiger partial charge in [-0.1, -0.05) is 302 Å². The second-order valence-corrected chi connectivity index (χ2v) is 19.1. The molecule has 8 aromatic carbocycles. The molecule has 0 heterocycles. The summed E-state index contributed by atoms with van der Waals surface area (Å²) in [6, 6.07) is 60.6. The predicted octanol–water partition coefficient (Wildman–Crippen LogP) is 20.7. The molecule has 64 heavy (non-hydrogen) atoms. The minimum absolute atomic E-state index is 0.170. The summed E-state index contributed by atoms with van der Waals surface area (Å²) in [7, 11) is 0. The van der Waals surface area contributed by atoms with E-state index in [-0.39, 0.29) is 16.2 Å². The van der Waals surface area contributed by atoms with Gasteiger partial charge in [0.2, 0.25) is 0 Å². The van der Waals surface area contributed by atoms with E-state index >= 15 is 0 Å². The van der Waals surface area contributed by atoms with Crippen molar-refractivity contribution in [3.8, 4) is 0 Å². The van der Waals surface area contributed by atoms with Crippen LogP contribution in [-0.2, 0) is 21.7 Å². The van der Waals surface area contributed by atoms with Crippen LogP contribution in [0.15, 0.2) is 170 Å². The quantitative estimate of drug-likeness (QED) is 0.133. The summed E-state index contributed by atoms with van der Waals surface area (Å²) in [4.78, 5) is 0. The maximum Gasteiger partial charge on any atom is -0.0102 e. The van der Waals surface area contributed by atoms with Gasteiger partial charge >= 0.3 is 0 Å². The second-order valence-electron chi connectivity index (χ2n) is 19.1. The lowest BCUT2D eigenvalue weighted by atomic mass is 9.82. The van der Waals surface area contributed by atoms with E-state index < -0.39 is 0 Å². The first-order valence-corrected chi connectivity index (χ1v) is 24.3. The van der Waals surface area contributed by atoms with Crippen molar-refractivity contribution in [3.63, 3.8) is 0 Å². The van der Waals surface area contributed by atoms with Crippen molar-refractivity contribution in [3.05, 3.63) is 192 Å². The van der Waals surface area contributed by atoms with Gasteiger partial charge in [-0.05, 0) is 93.1 Å². The van der Waals surface area contributed by atoms with E-state index in [0.717, 1.165) is 0 Å². The minimum atomic E-state index is 0.170. The summed E-state index contributed by atoms with van der Waals surface area (Å²) < 4.78 is 0. The zero-order valence-electron chi connectivity index (χ0n) is 44.2. The lowest BCUT2D eigenvalue weighted by molar-refractivity contribution is 0.590. The van der Waals surface area contributed by atoms with Crippen LogP contribution in [0.25, 0.3) is 43.1 Å². The van der Waals surface area contributed by atoms with Gasteiger partial charge in [-0.2, -0.15) is 0 Å². The first-order valence-electron chi connectivity index (χ1n) is 24.3. The van der Waals surface area contributed by atoms with Crippen molar-refractivity contribution in [2.24, 2.45) is 0 Å². The Morgan fingerprint density at radius 2 is 0.609 bits per heavy atom. The number of hydrogen-bond donors (Lipinski definition) is 0. The molecule has 0 saturated carbocycles. The summed E-state index contributed by atoms with van der Waals surface area (Å²) in [6.07, 6.45) is 0. The molecule has 0 atom stereocenters. The van der Waals surface area contributed by atoms with Crippen LogP contribution in [0, 0.1) is 0 Å². The Bertz CT molecular complexity index is 2480. The van der Waals surface area contributed by atoms with Crippen LogP contribution in [0.2, 0.25) is 0 Å². The van der Waals surface area contributed by atoms with E-state index in [1.807, 2.05) is 55.4 Å². The van der Waals surface area contributed by atoms with Gasteiger partial charge in [-0.15, -0.1) is 0 Å². The van der Waals surface area contributed by atoms with Crippen LogP contribution in [0.1, 0.15) is 161 Å². The van der Waals surface area contributed by atoms with E-state index in [0.29, 0.717) is 5.41 Å². The maximum absolute atomic E-state index is 2.34. The highest BCUT2D eigenvalue weighted by Crippen LogP contribution is 2.35. The molecular formula is C64H88. The summed E-state index contributed by atoms with van der Waals surface area (Å²) in [5.74, 6) is 0. The Kier molecular flexibility index (Phi) is 24.1. The van der Waals surface area contributed by atoms with Crippen molar-refractivity contribution >= 4 is 43.1 Å². The van der Waals surface area contributed by atoms with E-state index in [2.05, 4.69) is 253 Å². The maximum atomic E-state index is 2.34. The highest BCUT2D eigenvalue weighted by molar-refractivity contribution is 6.09. The zero-order chi connectivity index (χ0) is 48.7. The van der Waals surface area contributed by atoms with E-state index in [1.54, 1.807) is 0 Å². The molecule has 0 heteroatoms. The zero-order valence-corrected chi connectivity index (χ0v) is 44.2. The summed E-state index contributed by atoms with van der Waals surface area (Å²) in [5, 5.41) is 10.8. The van der Waals surface area contributed by atoms with Gasteiger partial charge < -0.3 is 0 Å². The number of rotatable bonds is 0. The Morgan fingerprint density at radius 3 is 1.09 bits per heavy atom. The van der Waals surface area contributed by atoms with Crippen molar-refractivity contribution in [2.45, 2.75) is 160 Å². The molecule has 0 amide bonds. The molecule has 0 aliphatic heterocycles. The van der Waals surface area contributed by atoms with Crippen LogP contribution in [0.4, 0.5) is 0 Å². The number of hydrogen-bond acceptors (Lipinski definition) is 0. The van der Waals surface area contributed by atoms with Gasteiger partial charge in [0.15, 0.2) is 0 Å². The van der Waals surface area contributed by atoms with Crippen LogP contribution in [0.3, 0.4) is 0 Å². The van der Waals surface area contributed by atoms with Crippen LogP contribution < -0.4 is 0 Å². The molecule has 0 unspecified atom stereocenters. The van der Waals surface area contributed by atoms with Crippen molar-refractivity contribution in [1.29, 1.82) is 0 Å². The molecule has 0 aliphatic carbocycles. The van der Waals surface area contributed by atoms with Crippen molar-refractivity contribution in [1.82, 2.24) is 0 Å². The lowest BCUT2D eigenvalue weighted by Gasteiger charge is -2.22. The van der Waals surface area contributed by atoms with E-state index in [4.69, 9.17) is 0 Å². The van der Waals surface area contributed by atoms with Crippen molar-refractivity contribution < 1.29 is 0 Å². The summed E-state index contributed by atoms with van der Waals surface area (Å²) in [5.41, 5.74) is 6.58. The third-order valence-electron chi connectivity index (χ3n) is 10.4. The molecule has 0 bridgehead atoms. The highest BCUT2D eigenvalue weighted by atomic mass is 14.2. The largest absolute Gasteiger partial charge is 0.0683 e. The van der Waals surface area contributed by atoms with Gasteiger partial charge in [0.25, 0.3) is 0 Å². The standard InChI is InChI=1S/C18H18.2C14H16.C10H14.4C2H6/c1-18(2,3)17-12-13-8-4-5-9-14(13)15-10-6-7-11-16(15)17;1-14(2,3)13-10-6-8-11-7-4-5-9-12(11)13;1-14(2,3)13-9-8-11-6-4-5-7-12(11)10-13;1-10(2,3)9-7-5-4-6-8-9;4*1-2/h4-12H,1-3H3;2*4-10H,1-3H3;4-8H,1-3H3;4*1-2H3. The van der Waals surface area contributed by atoms with Gasteiger partial charge in [-0.25, -0.2) is 0 Å². The summed E-state index contributed by atoms with van der Waals surface area (Å²) in [6.45, 7) is 43.0. The molecule has 0 aliphatic rings. The number of fused-ring (bicyclic) bond motifs is 5. The van der Waals surface area contributed by atoms with Crippen LogP contribution in [-0.4, -0.2) is 0 Å². The minimum Gasteiger partial charge on any atom is -0.0683 e. The molecule has 0 nitrogen and oxygen atoms in total. The normalized spacial score (nSPS) is 10.8. The molecule has 0 radical (unpaired) electrons. The topological polar surface area (TPSA) is 0 Å². The average molecular weight is 857 g/mol. The van der Waals surface area contributed by atoms with Crippen LogP contribution in [0.5, 0.6) is 0 Å². The van der Waals surface area contributed by atoms with E-state index in [9.17, 15) is 0 Å². The Morgan fingerprint density at radius 1 is 0.219 bits per heavy atom. The first kappa shape index (κ1) is 56.8. The smallest absolute Gasteiger partial charge is 0.0102 e. The van der Waals surface area contributed by atoms with E-state index in [1.165, 1.54) is 65.3 Å². The third kappa shape index (κ3) is 17.1. The Hall–Kier alpha value is -5.20. The van der Waals surface area contributed by atoms with Gasteiger partial charge in [0, 0.05) is 0 Å². The molecule has 0 aromatic heterocycles. The van der Waals surface area contributed by atoms with Gasteiger partial charge in [0.1, 0.15) is 0 Å². The highest BCUT2D eigenvalue weighted by Gasteiger charge is 2.19. The molecule has 8 rings (SSSR count). The molecular weight excluding hydrogens is 769 g/mol. The number of benzene rings is 8. The lowest BCUT2D eigenvalue weighted by Crippen LogP contribution is -2.11. The molecule has 344 valence electrons. The third-order valence-corrected chi connectivity index (χ3v) is 10.4. The van der Waals surface area contributed by atoms with Crippen LogP contribution >= 0.6 is 0 Å². The fourth-order valence-corrected chi connectivity index (χ4v) is 7.15. The van der Waals surface area contributed by atoms with Crippen molar-refractivity contribution in [2.75, 3.05) is 0 Å². The molecule has 0 saturated heterocycles. The second kappa shape index (κ2) is 27.2. The Balaban J connectivity index is 0.000000411. The predicted molar refractivity (Wildman–Crippen MR) is 296 cm³/mol. The molecule has 0 spiro atoms. The first-order chi connectivity index (χ1) is 30.3. The van der Waals surface area contributed by atoms with Gasteiger partial charge in [0.05, 0.1) is 0 Å². The molecule has 8 aromatic rings. The fourth-order valence-electron chi connectivity index (χ4n) is 7.15.